The number of aromatic nitrogens is 2. The number of hydrogen-bond donors (Lipinski definition) is 1. The summed E-state index contributed by atoms with van der Waals surface area (Å²) in [6.45, 7) is 1.14. The summed E-state index contributed by atoms with van der Waals surface area (Å²) >= 11 is 6.78. The molecule has 0 saturated heterocycles. The summed E-state index contributed by atoms with van der Waals surface area (Å²) in [4.78, 5) is 43.4. The van der Waals surface area contributed by atoms with Gasteiger partial charge in [-0.05, 0) is 61.0 Å². The first kappa shape index (κ1) is 32.0. The molecule has 0 unspecified atom stereocenters. The highest BCUT2D eigenvalue weighted by Gasteiger charge is 2.45. The zero-order valence-corrected chi connectivity index (χ0v) is 25.9. The SMILES string of the molecule is CCOC(=O)C1=C(C(F)(F)F)N=c2s/c(=C\c3cn(CC(=O)Nc4ccc(F)cc4)c4ccccc34)c(=O)n2[C@H]1c1ccc(Cl)cc1. The third-order valence-corrected chi connectivity index (χ3v) is 8.56. The van der Waals surface area contributed by atoms with Crippen molar-refractivity contribution in [2.24, 2.45) is 4.99 Å². The molecule has 1 N–H and O–H groups in total. The van der Waals surface area contributed by atoms with Crippen molar-refractivity contribution in [2.45, 2.75) is 25.7 Å². The van der Waals surface area contributed by atoms with Gasteiger partial charge in [-0.15, -0.1) is 0 Å². The summed E-state index contributed by atoms with van der Waals surface area (Å²) < 4.78 is 64.3. The summed E-state index contributed by atoms with van der Waals surface area (Å²) in [5.41, 5.74) is -1.16. The molecule has 240 valence electrons. The monoisotopic (exact) mass is 682 g/mol. The minimum Gasteiger partial charge on any atom is -0.463 e. The Kier molecular flexibility index (Phi) is 8.60. The Morgan fingerprint density at radius 1 is 1.06 bits per heavy atom. The Labute approximate surface area is 272 Å². The fourth-order valence-corrected chi connectivity index (χ4v) is 6.47. The van der Waals surface area contributed by atoms with Crippen molar-refractivity contribution in [3.8, 4) is 0 Å². The van der Waals surface area contributed by atoms with Crippen LogP contribution >= 0.6 is 22.9 Å². The molecule has 3 aromatic carbocycles. The molecule has 0 saturated carbocycles. The minimum atomic E-state index is -5.04. The number of nitrogens with zero attached hydrogens (tertiary/aromatic N) is 3. The number of rotatable bonds is 7. The van der Waals surface area contributed by atoms with Crippen LogP contribution in [0.1, 0.15) is 24.1 Å². The minimum absolute atomic E-state index is 0.0491. The lowest BCUT2D eigenvalue weighted by Crippen LogP contribution is -2.41. The van der Waals surface area contributed by atoms with Crippen LogP contribution in [0.25, 0.3) is 17.0 Å². The molecule has 1 amide bonds. The van der Waals surface area contributed by atoms with Crippen LogP contribution < -0.4 is 20.2 Å². The number of anilines is 1. The first-order chi connectivity index (χ1) is 22.4. The maximum absolute atomic E-state index is 14.4. The highest BCUT2D eigenvalue weighted by molar-refractivity contribution is 7.07. The number of fused-ring (bicyclic) bond motifs is 2. The van der Waals surface area contributed by atoms with Crippen molar-refractivity contribution in [3.63, 3.8) is 0 Å². The van der Waals surface area contributed by atoms with Gasteiger partial charge < -0.3 is 14.6 Å². The normalized spacial score (nSPS) is 15.0. The molecule has 2 aromatic heterocycles. The number of para-hydroxylation sites is 1. The number of allylic oxidation sites excluding steroid dienone is 1. The zero-order valence-electron chi connectivity index (χ0n) is 24.3. The average Bonchev–Trinajstić information content (AvgIpc) is 3.53. The first-order valence-electron chi connectivity index (χ1n) is 14.1. The van der Waals surface area contributed by atoms with Gasteiger partial charge in [0.05, 0.1) is 22.8 Å². The summed E-state index contributed by atoms with van der Waals surface area (Å²) in [5, 5.41) is 3.68. The van der Waals surface area contributed by atoms with Gasteiger partial charge >= 0.3 is 12.1 Å². The number of carbonyl (C=O) groups is 2. The van der Waals surface area contributed by atoms with Gasteiger partial charge in [0.2, 0.25) is 5.91 Å². The van der Waals surface area contributed by atoms with Crippen LogP contribution in [0.5, 0.6) is 0 Å². The number of thiazole rings is 1. The molecule has 1 aliphatic rings. The van der Waals surface area contributed by atoms with Gasteiger partial charge in [0.25, 0.3) is 5.56 Å². The number of alkyl halides is 3. The molecule has 0 bridgehead atoms. The van der Waals surface area contributed by atoms with Gasteiger partial charge in [0.1, 0.15) is 12.4 Å². The number of ether oxygens (including phenoxy) is 1. The highest BCUT2D eigenvalue weighted by atomic mass is 35.5. The second-order valence-electron chi connectivity index (χ2n) is 10.4. The Morgan fingerprint density at radius 2 is 1.77 bits per heavy atom. The second-order valence-corrected chi connectivity index (χ2v) is 11.8. The molecule has 0 spiro atoms. The van der Waals surface area contributed by atoms with Gasteiger partial charge in [0.15, 0.2) is 10.5 Å². The highest BCUT2D eigenvalue weighted by Crippen LogP contribution is 2.38. The smallest absolute Gasteiger partial charge is 0.434 e. The summed E-state index contributed by atoms with van der Waals surface area (Å²) in [6, 6.07) is 16.7. The van der Waals surface area contributed by atoms with Crippen molar-refractivity contribution in [1.29, 1.82) is 0 Å². The molecule has 1 atom stereocenters. The van der Waals surface area contributed by atoms with Crippen LogP contribution in [-0.4, -0.2) is 33.8 Å². The number of hydrogen-bond acceptors (Lipinski definition) is 6. The quantitative estimate of drug-likeness (QED) is 0.175. The average molecular weight is 683 g/mol. The lowest BCUT2D eigenvalue weighted by atomic mass is 9.95. The number of benzene rings is 3. The molecule has 14 heteroatoms. The van der Waals surface area contributed by atoms with E-state index < -0.39 is 46.7 Å². The maximum atomic E-state index is 14.4. The standard InChI is InChI=1S/C33H23ClF4N4O4S/c1-2-46-31(45)27-28(18-7-9-20(34)10-8-18)42-30(44)25(47-32(42)40-29(27)33(36,37)38)15-19-16-41(24-6-4-3-5-23(19)24)17-26(43)39-22-13-11-21(35)12-14-22/h3-16,28H,2,17H2,1H3,(H,39,43)/b25-15-/t28-/m0/s1. The molecule has 3 heterocycles. The molecule has 8 nitrogen and oxygen atoms in total. The van der Waals surface area contributed by atoms with E-state index in [0.717, 1.165) is 15.9 Å². The molecule has 0 aliphatic carbocycles. The molecule has 0 radical (unpaired) electrons. The van der Waals surface area contributed by atoms with E-state index >= 15 is 0 Å². The topological polar surface area (TPSA) is 94.7 Å². The van der Waals surface area contributed by atoms with Crippen molar-refractivity contribution in [3.05, 3.63) is 132 Å². The van der Waals surface area contributed by atoms with Gasteiger partial charge in [-0.3, -0.25) is 14.2 Å². The molecule has 5 aromatic rings. The molecular weight excluding hydrogens is 660 g/mol. The van der Waals surface area contributed by atoms with Crippen LogP contribution in [0.4, 0.5) is 23.2 Å². The van der Waals surface area contributed by atoms with Gasteiger partial charge in [0, 0.05) is 33.4 Å². The number of esters is 1. The number of halogens is 5. The Hall–Kier alpha value is -5.01. The predicted octanol–water partition coefficient (Wildman–Crippen LogP) is 5.73. The zero-order chi connectivity index (χ0) is 33.5. The van der Waals surface area contributed by atoms with E-state index in [4.69, 9.17) is 16.3 Å². The van der Waals surface area contributed by atoms with Crippen molar-refractivity contribution < 1.29 is 31.9 Å². The summed E-state index contributed by atoms with van der Waals surface area (Å²) in [7, 11) is 0. The Balaban J connectivity index is 1.48. The van der Waals surface area contributed by atoms with E-state index in [1.807, 2.05) is 0 Å². The third kappa shape index (κ3) is 6.36. The summed E-state index contributed by atoms with van der Waals surface area (Å²) in [6.07, 6.45) is -1.88. The van der Waals surface area contributed by atoms with Crippen LogP contribution in [-0.2, 0) is 20.9 Å². The lowest BCUT2D eigenvalue weighted by molar-refractivity contribution is -0.140. The van der Waals surface area contributed by atoms with E-state index in [2.05, 4.69) is 10.3 Å². The lowest BCUT2D eigenvalue weighted by Gasteiger charge is -2.26. The molecule has 0 fully saturated rings. The molecular formula is C33H23ClF4N4O4S. The van der Waals surface area contributed by atoms with E-state index in [9.17, 15) is 31.9 Å². The van der Waals surface area contributed by atoms with Crippen molar-refractivity contribution in [2.75, 3.05) is 11.9 Å². The van der Waals surface area contributed by atoms with Gasteiger partial charge in [-0.2, -0.15) is 13.2 Å². The number of carbonyl (C=O) groups excluding carboxylic acids is 2. The second kappa shape index (κ2) is 12.6. The van der Waals surface area contributed by atoms with E-state index in [1.54, 1.807) is 35.0 Å². The van der Waals surface area contributed by atoms with Gasteiger partial charge in [-0.1, -0.05) is 53.3 Å². The molecule has 6 rings (SSSR count). The van der Waals surface area contributed by atoms with Crippen LogP contribution in [0, 0.1) is 5.82 Å². The number of nitrogens with one attached hydrogen (secondary N) is 1. The largest absolute Gasteiger partial charge is 0.463 e. The Morgan fingerprint density at radius 3 is 2.45 bits per heavy atom. The molecule has 47 heavy (non-hydrogen) atoms. The summed E-state index contributed by atoms with van der Waals surface area (Å²) in [5.74, 6) is -2.09. The fraction of sp³-hybridized carbons (Fsp3) is 0.152. The van der Waals surface area contributed by atoms with Crippen LogP contribution in [0.3, 0.4) is 0 Å². The predicted molar refractivity (Wildman–Crippen MR) is 169 cm³/mol. The van der Waals surface area contributed by atoms with E-state index in [-0.39, 0.29) is 28.0 Å². The first-order valence-corrected chi connectivity index (χ1v) is 15.3. The maximum Gasteiger partial charge on any atom is 0.434 e. The van der Waals surface area contributed by atoms with E-state index in [0.29, 0.717) is 27.2 Å². The Bertz CT molecular complexity index is 2240. The van der Waals surface area contributed by atoms with Crippen LogP contribution in [0.2, 0.25) is 5.02 Å². The number of amides is 1. The third-order valence-electron chi connectivity index (χ3n) is 7.33. The van der Waals surface area contributed by atoms with Gasteiger partial charge in [-0.25, -0.2) is 14.2 Å². The fourth-order valence-electron chi connectivity index (χ4n) is 5.35. The van der Waals surface area contributed by atoms with E-state index in [1.165, 1.54) is 61.5 Å². The van der Waals surface area contributed by atoms with Crippen molar-refractivity contribution >= 4 is 57.5 Å². The van der Waals surface area contributed by atoms with Crippen molar-refractivity contribution in [1.82, 2.24) is 9.13 Å². The van der Waals surface area contributed by atoms with Crippen LogP contribution in [0.15, 0.2) is 100 Å². The molecule has 1 aliphatic heterocycles.